The van der Waals surface area contributed by atoms with Crippen molar-refractivity contribution in [2.24, 2.45) is 29.1 Å². The van der Waals surface area contributed by atoms with E-state index in [1.807, 2.05) is 102 Å². The zero-order valence-corrected chi connectivity index (χ0v) is 78.3. The predicted molar refractivity (Wildman–Crippen MR) is 501 cm³/mol. The minimum Gasteiger partial charge on any atom is -0.453 e. The van der Waals surface area contributed by atoms with Gasteiger partial charge in [0.25, 0.3) is 0 Å². The monoisotopic (exact) mass is 1830 g/mol. The standard InChI is InChI=1S/C45H52N8O6.C32H41BN4O5.C21H25BrN4O3/c1-25(2)38(50-44(56)58-6)42(54)52-18-8-9-36(52)40-46-23-35(49-40)33-17-16-31-20-30(14-15-32(31)21-33)28-10-12-29(13-11-28)34-22-47-41(48-34)37-19-27(5)24-53(37)43(55)39(26(3)4)51-45(57)59-7;1-19(2)26(36-29(39)40-7)28(38)37-18-32(12-13-32)16-25(37)27-34-17-24(35-27)22-9-8-21-15-23(11-10-20(21)14-22)33-41-30(3,4)31(5,6)42-33;1-12(2)18(25-21(28)29-4)20(27)26-11-13(3)9-17(26)19-23-10-16(24-19)14-5-7-15(22)8-6-14/h10-17,20-23,25-26,36-39H,5,8-9,18-19,24H2,1-4,6-7H3,(H,46,49)(H,47,48)(H,50,56)(H,51,57);8-11,14-15,17,19,25-26H,12-13,16,18H2,1-7H3,(H,34,35)(H,36,39);5-8,10,12,17-18H,3,9,11H2,1-2,4H3,(H,23,24)(H,25,28)/t36-,37-,38-,39-;25-,26-;17-,18-/m000/s1. The van der Waals surface area contributed by atoms with Crippen LogP contribution in [0.25, 0.3) is 77.7 Å². The molecule has 9 heterocycles. The van der Waals surface area contributed by atoms with Crippen LogP contribution < -0.4 is 26.7 Å². The van der Waals surface area contributed by atoms with Crippen LogP contribution in [-0.4, -0.2) is 205 Å². The molecule has 8 atom stereocenters. The largest absolute Gasteiger partial charge is 0.494 e. The molecule has 6 aliphatic rings. The number of aromatic nitrogens is 8. The van der Waals surface area contributed by atoms with Crippen LogP contribution in [0.2, 0.25) is 0 Å². The molecule has 0 radical (unpaired) electrons. The molecule has 8 N–H and O–H groups in total. The molecule has 6 fully saturated rings. The minimum absolute atomic E-state index is 0.0805. The highest BCUT2D eigenvalue weighted by atomic mass is 79.9. The number of nitrogens with one attached hydrogen (secondary N) is 8. The van der Waals surface area contributed by atoms with Crippen molar-refractivity contribution in [3.8, 4) is 56.2 Å². The fourth-order valence-corrected chi connectivity index (χ4v) is 17.9. The molecule has 0 unspecified atom stereocenters. The number of benzene rings is 6. The second kappa shape index (κ2) is 39.1. The van der Waals surface area contributed by atoms with E-state index >= 15 is 0 Å². The molecule has 16 rings (SSSR count). The Labute approximate surface area is 766 Å². The maximum atomic E-state index is 13.8. The highest BCUT2D eigenvalue weighted by Crippen LogP contribution is 2.58. The lowest BCUT2D eigenvalue weighted by atomic mass is 9.78. The summed E-state index contributed by atoms with van der Waals surface area (Å²) in [6.45, 7) is 33.8. The number of aromatic amines is 4. The lowest BCUT2D eigenvalue weighted by Gasteiger charge is -2.32. The smallest absolute Gasteiger partial charge is 0.453 e. The maximum absolute atomic E-state index is 13.8. The topological polar surface area (TPSA) is 368 Å². The fourth-order valence-electron chi connectivity index (χ4n) is 17.7. The number of fused-ring (bicyclic) bond motifs is 2. The van der Waals surface area contributed by atoms with E-state index in [0.717, 1.165) is 143 Å². The number of methoxy groups -OCH3 is 4. The van der Waals surface area contributed by atoms with Crippen LogP contribution in [0.3, 0.4) is 0 Å². The van der Waals surface area contributed by atoms with Crippen molar-refractivity contribution in [2.75, 3.05) is 54.6 Å². The van der Waals surface area contributed by atoms with Crippen molar-refractivity contribution in [1.82, 2.24) is 80.7 Å². The third-order valence-electron chi connectivity index (χ3n) is 26.1. The molecule has 0 bridgehead atoms. The van der Waals surface area contributed by atoms with Gasteiger partial charge >= 0.3 is 31.5 Å². The molecular weight excluding hydrogens is 1720 g/mol. The third kappa shape index (κ3) is 20.6. The van der Waals surface area contributed by atoms with Crippen molar-refractivity contribution in [1.29, 1.82) is 0 Å². The molecule has 1 aliphatic carbocycles. The quantitative estimate of drug-likeness (QED) is 0.0177. The number of halogens is 1. The molecule has 684 valence electrons. The van der Waals surface area contributed by atoms with Gasteiger partial charge in [0, 0.05) is 41.8 Å². The highest BCUT2D eigenvalue weighted by Gasteiger charge is 2.56. The maximum Gasteiger partial charge on any atom is 0.494 e. The van der Waals surface area contributed by atoms with Crippen LogP contribution in [0, 0.1) is 29.1 Å². The van der Waals surface area contributed by atoms with Gasteiger partial charge in [-0.25, -0.2) is 39.1 Å². The third-order valence-corrected chi connectivity index (χ3v) is 26.6. The number of alkyl carbamates (subject to hydrolysis) is 4. The Morgan fingerprint density at radius 2 is 0.762 bits per heavy atom. The lowest BCUT2D eigenvalue weighted by Crippen LogP contribution is -2.51. The van der Waals surface area contributed by atoms with E-state index in [2.05, 4.69) is 210 Å². The van der Waals surface area contributed by atoms with Gasteiger partial charge in [0.05, 0.1) is 111 Å². The molecule has 32 heteroatoms. The van der Waals surface area contributed by atoms with Crippen molar-refractivity contribution in [3.05, 3.63) is 198 Å². The van der Waals surface area contributed by atoms with Gasteiger partial charge in [-0.1, -0.05) is 187 Å². The van der Waals surface area contributed by atoms with Crippen molar-refractivity contribution < 1.29 is 66.6 Å². The summed E-state index contributed by atoms with van der Waals surface area (Å²) < 4.78 is 32.5. The number of rotatable bonds is 22. The summed E-state index contributed by atoms with van der Waals surface area (Å²) in [4.78, 5) is 142. The summed E-state index contributed by atoms with van der Waals surface area (Å²) in [6.07, 6.45) is 10.6. The first kappa shape index (κ1) is 93.7. The van der Waals surface area contributed by atoms with Crippen molar-refractivity contribution >= 4 is 98.1 Å². The summed E-state index contributed by atoms with van der Waals surface area (Å²) in [7, 11) is 4.76. The predicted octanol–water partition coefficient (Wildman–Crippen LogP) is 16.6. The van der Waals surface area contributed by atoms with E-state index in [4.69, 9.17) is 33.5 Å². The van der Waals surface area contributed by atoms with Gasteiger partial charge in [-0.15, -0.1) is 0 Å². The second-order valence-corrected chi connectivity index (χ2v) is 38.1. The van der Waals surface area contributed by atoms with E-state index < -0.39 is 55.7 Å². The van der Waals surface area contributed by atoms with Crippen LogP contribution >= 0.6 is 15.9 Å². The number of amides is 8. The zero-order chi connectivity index (χ0) is 93.1. The van der Waals surface area contributed by atoms with E-state index in [9.17, 15) is 38.4 Å². The van der Waals surface area contributed by atoms with Gasteiger partial charge < -0.3 is 89.1 Å². The average Bonchev–Trinajstić information content (AvgIpc) is 1.58. The van der Waals surface area contributed by atoms with Gasteiger partial charge in [0.1, 0.15) is 47.5 Å². The van der Waals surface area contributed by atoms with Crippen molar-refractivity contribution in [3.63, 3.8) is 0 Å². The van der Waals surface area contributed by atoms with Crippen LogP contribution in [-0.2, 0) is 47.4 Å². The Balaban J connectivity index is 0.000000167. The molecule has 5 aliphatic heterocycles. The number of nitrogens with zero attached hydrogens (tertiary/aromatic N) is 8. The fraction of sp³-hybridized carbons (Fsp3) is 0.429. The Hall–Kier alpha value is -12.4. The van der Waals surface area contributed by atoms with Gasteiger partial charge in [0.2, 0.25) is 23.6 Å². The highest BCUT2D eigenvalue weighted by molar-refractivity contribution is 9.10. The van der Waals surface area contributed by atoms with Gasteiger partial charge in [-0.2, -0.15) is 0 Å². The van der Waals surface area contributed by atoms with Crippen LogP contribution in [0.15, 0.2) is 175 Å². The normalized spacial score (nSPS) is 19.3. The molecule has 130 heavy (non-hydrogen) atoms. The Morgan fingerprint density at radius 3 is 1.16 bits per heavy atom. The molecule has 5 saturated heterocycles. The van der Waals surface area contributed by atoms with Crippen molar-refractivity contribution in [2.45, 2.75) is 188 Å². The number of likely N-dealkylation sites (tertiary alicyclic amines) is 4. The number of carbonyl (C=O) groups excluding carboxylic acids is 8. The number of ether oxygens (including phenoxy) is 4. The number of hydrogen-bond donors (Lipinski definition) is 8. The molecular formula is C98H118BBrN16O14. The summed E-state index contributed by atoms with van der Waals surface area (Å²) in [5, 5.41) is 15.2. The lowest BCUT2D eigenvalue weighted by molar-refractivity contribution is -0.136. The summed E-state index contributed by atoms with van der Waals surface area (Å²) in [5.74, 6) is 1.84. The number of H-pyrrole nitrogens is 4. The molecule has 1 spiro atoms. The zero-order valence-electron chi connectivity index (χ0n) is 76.7. The van der Waals surface area contributed by atoms with E-state index in [1.54, 1.807) is 22.2 Å². The first-order valence-corrected chi connectivity index (χ1v) is 45.2. The number of carbonyl (C=O) groups is 8. The summed E-state index contributed by atoms with van der Waals surface area (Å²) in [6, 6.07) is 37.8. The van der Waals surface area contributed by atoms with Gasteiger partial charge in [0.15, 0.2) is 0 Å². The Bertz CT molecular complexity index is 5860. The number of imidazole rings is 4. The summed E-state index contributed by atoms with van der Waals surface area (Å²) in [5.41, 5.74) is 11.8. The van der Waals surface area contributed by atoms with Crippen LogP contribution in [0.1, 0.15) is 175 Å². The first-order chi connectivity index (χ1) is 61.9. The van der Waals surface area contributed by atoms with Crippen LogP contribution in [0.5, 0.6) is 0 Å². The molecule has 8 amide bonds. The molecule has 6 aromatic carbocycles. The molecule has 10 aromatic rings. The first-order valence-electron chi connectivity index (χ1n) is 44.4. The molecule has 4 aromatic heterocycles. The van der Waals surface area contributed by atoms with Gasteiger partial charge in [-0.05, 0) is 181 Å². The SMILES string of the molecule is C=C1C[C@@H](c2ncc(-c3ccc(-c4ccc5cc(-c6cnc([C@@H]7CCCN7C(=O)[C@@H](NC(=O)OC)C(C)C)[nH]6)ccc5c4)cc3)[nH]2)N(C(=O)[C@@H](NC(=O)OC)C(C)C)C1.C=C1C[C@@H](c2ncc(-c3ccc(Br)cc3)[nH]2)N(C(=O)[C@@H](NC(=O)OC)C(C)C)C1.COC(=O)N[C@H](C(=O)N1CC2(CC2)C[C@H]1c1ncc(-c2ccc3cc(B4OC(C)(C)C(C)(C)O4)ccc3c2)[nH]1)C(C)C. The summed E-state index contributed by atoms with van der Waals surface area (Å²) >= 11 is 3.44. The van der Waals surface area contributed by atoms with Gasteiger partial charge in [-0.3, -0.25) is 19.2 Å². The minimum atomic E-state index is -0.740. The second-order valence-electron chi connectivity index (χ2n) is 37.2. The van der Waals surface area contributed by atoms with E-state index in [-0.39, 0.29) is 88.1 Å². The van der Waals surface area contributed by atoms with Crippen LogP contribution in [0.4, 0.5) is 19.2 Å². The number of hydrogen-bond acceptors (Lipinski definition) is 18. The molecule has 30 nitrogen and oxygen atoms in total. The molecule has 1 saturated carbocycles. The Morgan fingerprint density at radius 1 is 0.431 bits per heavy atom. The average molecular weight is 1830 g/mol. The van der Waals surface area contributed by atoms with E-state index in [1.165, 1.54) is 28.4 Å². The van der Waals surface area contributed by atoms with E-state index in [0.29, 0.717) is 50.7 Å². The Kier molecular flexibility index (Phi) is 28.2.